The van der Waals surface area contributed by atoms with Gasteiger partial charge in [0.1, 0.15) is 0 Å². The summed E-state index contributed by atoms with van der Waals surface area (Å²) in [7, 11) is 1.65. The lowest BCUT2D eigenvalue weighted by molar-refractivity contribution is -0.128. The van der Waals surface area contributed by atoms with E-state index in [9.17, 15) is 4.79 Å². The minimum atomic E-state index is -0.251. The minimum absolute atomic E-state index is 0.194. The fourth-order valence-electron chi connectivity index (χ4n) is 2.24. The van der Waals surface area contributed by atoms with Crippen LogP contribution in [-0.2, 0) is 14.3 Å². The van der Waals surface area contributed by atoms with Gasteiger partial charge >= 0.3 is 0 Å². The monoisotopic (exact) mass is 244 g/mol. The fourth-order valence-corrected chi connectivity index (χ4v) is 2.24. The van der Waals surface area contributed by atoms with Gasteiger partial charge in [-0.05, 0) is 0 Å². The predicted molar refractivity (Wildman–Crippen MR) is 65.6 cm³/mol. The Morgan fingerprint density at radius 3 is 2.53 bits per heavy atom. The summed E-state index contributed by atoms with van der Waals surface area (Å²) in [6.45, 7) is 8.46. The van der Waals surface area contributed by atoms with E-state index in [1.807, 2.05) is 13.8 Å². The van der Waals surface area contributed by atoms with Gasteiger partial charge < -0.3 is 15.2 Å². The topological polar surface area (TPSA) is 64.8 Å². The maximum Gasteiger partial charge on any atom is 0.222 e. The Labute approximate surface area is 103 Å². The summed E-state index contributed by atoms with van der Waals surface area (Å²) in [5, 5.41) is 0. The molecule has 0 saturated carbocycles. The second-order valence-corrected chi connectivity index (χ2v) is 5.29. The molecule has 1 aliphatic heterocycles. The molecule has 1 saturated heterocycles. The fraction of sp³-hybridized carbons (Fsp3) is 0.917. The zero-order chi connectivity index (χ0) is 12.9. The van der Waals surface area contributed by atoms with Gasteiger partial charge in [0.15, 0.2) is 0 Å². The zero-order valence-electron chi connectivity index (χ0n) is 11.1. The van der Waals surface area contributed by atoms with E-state index in [2.05, 4.69) is 4.90 Å². The summed E-state index contributed by atoms with van der Waals surface area (Å²) in [6.07, 6.45) is 0. The van der Waals surface area contributed by atoms with Gasteiger partial charge in [-0.1, -0.05) is 13.8 Å². The van der Waals surface area contributed by atoms with Crippen molar-refractivity contribution in [2.45, 2.75) is 13.8 Å². The number of methoxy groups -OCH3 is 1. The Morgan fingerprint density at radius 1 is 1.47 bits per heavy atom. The molecule has 1 aliphatic rings. The molecule has 17 heavy (non-hydrogen) atoms. The molecule has 1 unspecified atom stereocenters. The lowest BCUT2D eigenvalue weighted by Gasteiger charge is -2.36. The largest absolute Gasteiger partial charge is 0.384 e. The van der Waals surface area contributed by atoms with Gasteiger partial charge in [0.2, 0.25) is 5.91 Å². The van der Waals surface area contributed by atoms with Gasteiger partial charge in [-0.25, -0.2) is 0 Å². The smallest absolute Gasteiger partial charge is 0.222 e. The summed E-state index contributed by atoms with van der Waals surface area (Å²) in [5.74, 6) is -0.445. The van der Waals surface area contributed by atoms with Crippen LogP contribution in [0.5, 0.6) is 0 Å². The quantitative estimate of drug-likeness (QED) is 0.719. The number of primary amides is 1. The molecule has 0 aliphatic carbocycles. The first-order chi connectivity index (χ1) is 7.97. The van der Waals surface area contributed by atoms with Crippen LogP contribution in [0, 0.1) is 11.3 Å². The lowest BCUT2D eigenvalue weighted by atomic mass is 9.78. The van der Waals surface area contributed by atoms with E-state index in [1.165, 1.54) is 0 Å². The minimum Gasteiger partial charge on any atom is -0.384 e. The Bertz CT molecular complexity index is 250. The molecular formula is C12H24N2O3. The molecule has 1 amide bonds. The van der Waals surface area contributed by atoms with Crippen LogP contribution in [0.3, 0.4) is 0 Å². The van der Waals surface area contributed by atoms with E-state index >= 15 is 0 Å². The number of nitrogens with zero attached hydrogens (tertiary/aromatic N) is 1. The van der Waals surface area contributed by atoms with E-state index in [-0.39, 0.29) is 17.2 Å². The molecule has 1 heterocycles. The molecule has 0 radical (unpaired) electrons. The summed E-state index contributed by atoms with van der Waals surface area (Å²) in [6, 6.07) is 0. The van der Waals surface area contributed by atoms with Crippen LogP contribution < -0.4 is 5.73 Å². The van der Waals surface area contributed by atoms with Crippen LogP contribution >= 0.6 is 0 Å². The summed E-state index contributed by atoms with van der Waals surface area (Å²) < 4.78 is 10.5. The molecule has 1 rings (SSSR count). The third-order valence-corrected chi connectivity index (χ3v) is 3.35. The number of morpholine rings is 1. The van der Waals surface area contributed by atoms with Crippen molar-refractivity contribution in [1.82, 2.24) is 4.90 Å². The predicted octanol–water partition coefficient (Wildman–Crippen LogP) is 0.0927. The summed E-state index contributed by atoms with van der Waals surface area (Å²) in [4.78, 5) is 13.8. The zero-order valence-corrected chi connectivity index (χ0v) is 11.1. The number of carbonyl (C=O) groups excluding carboxylic acids is 1. The van der Waals surface area contributed by atoms with E-state index in [1.54, 1.807) is 7.11 Å². The first kappa shape index (κ1) is 14.4. The van der Waals surface area contributed by atoms with Crippen molar-refractivity contribution in [3.05, 3.63) is 0 Å². The third-order valence-electron chi connectivity index (χ3n) is 3.35. The first-order valence-electron chi connectivity index (χ1n) is 6.05. The number of ether oxygens (including phenoxy) is 2. The Hall–Kier alpha value is -0.650. The first-order valence-corrected chi connectivity index (χ1v) is 6.05. The number of carbonyl (C=O) groups is 1. The van der Waals surface area contributed by atoms with Crippen molar-refractivity contribution in [3.63, 3.8) is 0 Å². The maximum atomic E-state index is 11.6. The summed E-state index contributed by atoms with van der Waals surface area (Å²) in [5.41, 5.74) is 5.28. The highest BCUT2D eigenvalue weighted by atomic mass is 16.5. The Morgan fingerprint density at radius 2 is 2.06 bits per heavy atom. The second-order valence-electron chi connectivity index (χ2n) is 5.29. The van der Waals surface area contributed by atoms with Crippen molar-refractivity contribution >= 4 is 5.91 Å². The molecule has 1 fully saturated rings. The SMILES string of the molecule is COCC(C)(C)C(CN1CCOCC1)C(N)=O. The average molecular weight is 244 g/mol. The average Bonchev–Trinajstić information content (AvgIpc) is 2.26. The van der Waals surface area contributed by atoms with Gasteiger partial charge in [0, 0.05) is 32.2 Å². The van der Waals surface area contributed by atoms with Crippen molar-refractivity contribution in [2.24, 2.45) is 17.1 Å². The van der Waals surface area contributed by atoms with E-state index in [4.69, 9.17) is 15.2 Å². The third kappa shape index (κ3) is 4.26. The highest BCUT2D eigenvalue weighted by Gasteiger charge is 2.35. The van der Waals surface area contributed by atoms with Crippen LogP contribution in [0.15, 0.2) is 0 Å². The molecule has 5 heteroatoms. The van der Waals surface area contributed by atoms with E-state index in [0.717, 1.165) is 26.3 Å². The normalized spacial score (nSPS) is 20.2. The molecule has 2 N–H and O–H groups in total. The van der Waals surface area contributed by atoms with Crippen LogP contribution in [0.1, 0.15) is 13.8 Å². The highest BCUT2D eigenvalue weighted by molar-refractivity contribution is 5.77. The number of amides is 1. The number of rotatable bonds is 6. The number of hydrogen-bond acceptors (Lipinski definition) is 4. The molecule has 100 valence electrons. The molecule has 0 aromatic heterocycles. The van der Waals surface area contributed by atoms with Crippen LogP contribution in [0.2, 0.25) is 0 Å². The Balaban J connectivity index is 2.61. The van der Waals surface area contributed by atoms with Crippen molar-refractivity contribution in [3.8, 4) is 0 Å². The van der Waals surface area contributed by atoms with Crippen molar-refractivity contribution < 1.29 is 14.3 Å². The molecule has 5 nitrogen and oxygen atoms in total. The number of nitrogens with two attached hydrogens (primary N) is 1. The van der Waals surface area contributed by atoms with Crippen molar-refractivity contribution in [1.29, 1.82) is 0 Å². The van der Waals surface area contributed by atoms with Crippen LogP contribution in [-0.4, -0.2) is 57.4 Å². The van der Waals surface area contributed by atoms with E-state index < -0.39 is 0 Å². The summed E-state index contributed by atoms with van der Waals surface area (Å²) >= 11 is 0. The van der Waals surface area contributed by atoms with Gasteiger partial charge in [-0.3, -0.25) is 9.69 Å². The van der Waals surface area contributed by atoms with Gasteiger partial charge in [-0.2, -0.15) is 0 Å². The second kappa shape index (κ2) is 6.33. The maximum absolute atomic E-state index is 11.6. The lowest BCUT2D eigenvalue weighted by Crippen LogP contribution is -2.48. The van der Waals surface area contributed by atoms with E-state index in [0.29, 0.717) is 13.2 Å². The van der Waals surface area contributed by atoms with Gasteiger partial charge in [-0.15, -0.1) is 0 Å². The van der Waals surface area contributed by atoms with Gasteiger partial charge in [0.25, 0.3) is 0 Å². The van der Waals surface area contributed by atoms with Crippen LogP contribution in [0.4, 0.5) is 0 Å². The molecule has 0 spiro atoms. The molecule has 0 aromatic rings. The molecule has 0 aromatic carbocycles. The molecule has 1 atom stereocenters. The van der Waals surface area contributed by atoms with Gasteiger partial charge in [0.05, 0.1) is 25.7 Å². The molecular weight excluding hydrogens is 220 g/mol. The van der Waals surface area contributed by atoms with Crippen molar-refractivity contribution in [2.75, 3.05) is 46.6 Å². The number of hydrogen-bond donors (Lipinski definition) is 1. The Kier molecular flexibility index (Phi) is 5.36. The molecule has 0 bridgehead atoms. The highest BCUT2D eigenvalue weighted by Crippen LogP contribution is 2.28. The standard InChI is InChI=1S/C12H24N2O3/c1-12(2,9-16-3)10(11(13)15)8-14-4-6-17-7-5-14/h10H,4-9H2,1-3H3,(H2,13,15). The van der Waals surface area contributed by atoms with Crippen LogP contribution in [0.25, 0.3) is 0 Å².